The Balaban J connectivity index is 0.00000261. The van der Waals surface area contributed by atoms with Gasteiger partial charge in [-0.1, -0.05) is 82.3 Å². The summed E-state index contributed by atoms with van der Waals surface area (Å²) in [7, 11) is 0. The molecule has 0 aliphatic heterocycles. The zero-order chi connectivity index (χ0) is 18.5. The summed E-state index contributed by atoms with van der Waals surface area (Å²) in [4.78, 5) is 4.64. The van der Waals surface area contributed by atoms with Crippen LogP contribution in [0.1, 0.15) is 68.0 Å². The molecule has 0 bridgehead atoms. The summed E-state index contributed by atoms with van der Waals surface area (Å²) in [5.74, 6) is 0.910. The monoisotopic (exact) mass is 524 g/mol. The Kier molecular flexibility index (Phi) is 7.97. The topological polar surface area (TPSA) is 24.9 Å². The van der Waals surface area contributed by atoms with E-state index in [1.807, 2.05) is 12.3 Å². The van der Waals surface area contributed by atoms with Crippen LogP contribution in [0, 0.1) is 0 Å². The number of pyridine rings is 1. The maximum absolute atomic E-state index is 4.64. The fourth-order valence-corrected chi connectivity index (χ4v) is 3.38. The van der Waals surface area contributed by atoms with E-state index in [4.69, 9.17) is 0 Å². The normalized spacial score (nSPS) is 11.9. The zero-order valence-electron chi connectivity index (χ0n) is 16.6. The number of nitrogens with zero attached hydrogens (tertiary/aromatic N) is 1. The van der Waals surface area contributed by atoms with Crippen LogP contribution in [0.2, 0.25) is 0 Å². The van der Waals surface area contributed by atoms with Crippen molar-refractivity contribution < 1.29 is 25.8 Å². The van der Waals surface area contributed by atoms with E-state index in [2.05, 4.69) is 98.7 Å². The predicted octanol–water partition coefficient (Wildman–Crippen LogP) is 6.53. The van der Waals surface area contributed by atoms with Gasteiger partial charge in [0.1, 0.15) is 0 Å². The molecule has 3 aromatic rings. The second-order valence-corrected chi connectivity index (χ2v) is 7.36. The average molecular weight is 523 g/mol. The average Bonchev–Trinajstić information content (AvgIpc) is 2.67. The van der Waals surface area contributed by atoms with Crippen LogP contribution >= 0.6 is 0 Å². The molecule has 1 N–H and O–H groups in total. The third-order valence-corrected chi connectivity index (χ3v) is 4.78. The minimum Gasteiger partial charge on any atom is -0.372 e. The molecule has 0 saturated carbocycles. The molecule has 0 saturated heterocycles. The van der Waals surface area contributed by atoms with E-state index in [1.165, 1.54) is 22.4 Å². The molecule has 1 atom stereocenters. The van der Waals surface area contributed by atoms with Gasteiger partial charge in [0.15, 0.2) is 0 Å². The molecule has 3 rings (SSSR count). The maximum Gasteiger partial charge on any atom is 0.0940 e. The summed E-state index contributed by atoms with van der Waals surface area (Å²) in [6.07, 6.45) is 1.87. The van der Waals surface area contributed by atoms with Gasteiger partial charge in [-0.15, -0.1) is 0 Å². The van der Waals surface area contributed by atoms with Gasteiger partial charge in [-0.2, -0.15) is 0 Å². The van der Waals surface area contributed by atoms with Crippen molar-refractivity contribution in [1.29, 1.82) is 0 Å². The zero-order valence-corrected chi connectivity index (χ0v) is 20.2. The van der Waals surface area contributed by atoms with E-state index < -0.39 is 0 Å². The van der Waals surface area contributed by atoms with Gasteiger partial charge in [0, 0.05) is 37.7 Å². The number of aromatic nitrogens is 1. The second kappa shape index (κ2) is 9.98. The van der Waals surface area contributed by atoms with E-state index in [9.17, 15) is 0 Å². The van der Waals surface area contributed by atoms with Crippen LogP contribution < -0.4 is 5.32 Å². The maximum atomic E-state index is 4.64. The van der Waals surface area contributed by atoms with E-state index in [0.29, 0.717) is 11.8 Å². The van der Waals surface area contributed by atoms with Crippen molar-refractivity contribution in [2.24, 2.45) is 0 Å². The van der Waals surface area contributed by atoms with Crippen molar-refractivity contribution in [3.05, 3.63) is 95.3 Å². The number of anilines is 1. The van der Waals surface area contributed by atoms with Gasteiger partial charge in [0.2, 0.25) is 0 Å². The van der Waals surface area contributed by atoms with Gasteiger partial charge in [-0.25, -0.2) is 0 Å². The molecule has 0 fully saturated rings. The molecule has 1 unspecified atom stereocenters. The minimum absolute atomic E-state index is 0. The number of hydrogen-bond acceptors (Lipinski definition) is 2. The Morgan fingerprint density at radius 1 is 0.704 bits per heavy atom. The first kappa shape index (κ1) is 21.6. The van der Waals surface area contributed by atoms with Gasteiger partial charge in [0.25, 0.3) is 0 Å². The summed E-state index contributed by atoms with van der Waals surface area (Å²) in [6, 6.07) is 23.3. The van der Waals surface area contributed by atoms with Crippen molar-refractivity contribution in [3.8, 4) is 0 Å². The molecule has 0 amide bonds. The molecular weight excluding hydrogens is 495 g/mol. The van der Waals surface area contributed by atoms with Crippen LogP contribution in [0.3, 0.4) is 0 Å². The molecule has 0 radical (unpaired) electrons. The van der Waals surface area contributed by atoms with Gasteiger partial charge < -0.3 is 5.32 Å². The molecule has 1 aromatic heterocycles. The molecule has 1 heterocycles. The molecule has 0 spiro atoms. The number of nitrogens with one attached hydrogen (secondary N) is 1. The SMILES string of the molecule is CC(C)c1cccc(C(C)C)c1NC(c1ccccc1)c1ccccn1.[Hf]. The fourth-order valence-electron chi connectivity index (χ4n) is 3.38. The quantitative estimate of drug-likeness (QED) is 0.372. The fraction of sp³-hybridized carbons (Fsp3) is 0.292. The summed E-state index contributed by atoms with van der Waals surface area (Å²) >= 11 is 0. The van der Waals surface area contributed by atoms with E-state index in [1.54, 1.807) is 0 Å². The molecule has 0 aliphatic carbocycles. The van der Waals surface area contributed by atoms with Crippen LogP contribution in [0.5, 0.6) is 0 Å². The second-order valence-electron chi connectivity index (χ2n) is 7.36. The third kappa shape index (κ3) is 5.16. The first-order valence-corrected chi connectivity index (χ1v) is 9.43. The van der Waals surface area contributed by atoms with Gasteiger partial charge >= 0.3 is 0 Å². The summed E-state index contributed by atoms with van der Waals surface area (Å²) in [5.41, 5.74) is 6.21. The van der Waals surface area contributed by atoms with Crippen LogP contribution in [0.15, 0.2) is 72.9 Å². The Labute approximate surface area is 182 Å². The largest absolute Gasteiger partial charge is 0.372 e. The van der Waals surface area contributed by atoms with Crippen molar-refractivity contribution in [1.82, 2.24) is 4.98 Å². The number of hydrogen-bond donors (Lipinski definition) is 1. The van der Waals surface area contributed by atoms with E-state index in [-0.39, 0.29) is 31.9 Å². The molecule has 0 aliphatic rings. The molecule has 27 heavy (non-hydrogen) atoms. The minimum atomic E-state index is 0. The van der Waals surface area contributed by atoms with Crippen molar-refractivity contribution in [2.45, 2.75) is 45.6 Å². The number of benzene rings is 2. The van der Waals surface area contributed by atoms with E-state index in [0.717, 1.165) is 5.69 Å². The van der Waals surface area contributed by atoms with Crippen LogP contribution in [0.25, 0.3) is 0 Å². The Morgan fingerprint density at radius 3 is 1.81 bits per heavy atom. The first-order valence-electron chi connectivity index (χ1n) is 9.43. The van der Waals surface area contributed by atoms with Crippen molar-refractivity contribution >= 4 is 5.69 Å². The number of rotatable bonds is 6. The van der Waals surface area contributed by atoms with Crippen molar-refractivity contribution in [3.63, 3.8) is 0 Å². The Morgan fingerprint density at radius 2 is 1.30 bits per heavy atom. The van der Waals surface area contributed by atoms with Crippen LogP contribution in [0.4, 0.5) is 5.69 Å². The molecule has 2 aromatic carbocycles. The predicted molar refractivity (Wildman–Crippen MR) is 111 cm³/mol. The third-order valence-electron chi connectivity index (χ3n) is 4.78. The first-order chi connectivity index (χ1) is 12.6. The van der Waals surface area contributed by atoms with Crippen molar-refractivity contribution in [2.75, 3.05) is 5.32 Å². The van der Waals surface area contributed by atoms with Gasteiger partial charge in [-0.05, 0) is 40.7 Å². The Hall–Kier alpha value is -1.74. The molecule has 3 heteroatoms. The molecule has 2 nitrogen and oxygen atoms in total. The number of para-hydroxylation sites is 1. The van der Waals surface area contributed by atoms with Crippen LogP contribution in [-0.2, 0) is 25.8 Å². The Bertz CT molecular complexity index is 764. The standard InChI is InChI=1S/C24H28N2.Hf/c1-17(2)20-13-10-14-21(18(3)4)24(20)26-23(19-11-6-5-7-12-19)22-15-8-9-16-25-22;/h5-18,23,26H,1-4H3;. The summed E-state index contributed by atoms with van der Waals surface area (Å²) in [6.45, 7) is 9.01. The molecule has 138 valence electrons. The van der Waals surface area contributed by atoms with Gasteiger partial charge in [0.05, 0.1) is 11.7 Å². The summed E-state index contributed by atoms with van der Waals surface area (Å²) < 4.78 is 0. The van der Waals surface area contributed by atoms with Crippen LogP contribution in [-0.4, -0.2) is 4.98 Å². The van der Waals surface area contributed by atoms with E-state index >= 15 is 0 Å². The summed E-state index contributed by atoms with van der Waals surface area (Å²) in [5, 5.41) is 3.85. The molecular formula is C24H28HfN2. The van der Waals surface area contributed by atoms with Gasteiger partial charge in [-0.3, -0.25) is 4.98 Å². The smallest absolute Gasteiger partial charge is 0.0940 e.